The average Bonchev–Trinajstić information content (AvgIpc) is 3.52. The Labute approximate surface area is 220 Å². The summed E-state index contributed by atoms with van der Waals surface area (Å²) in [5.74, 6) is 1.64. The van der Waals surface area contributed by atoms with Crippen LogP contribution in [0.3, 0.4) is 0 Å². The molecule has 2 saturated heterocycles. The number of benzene rings is 1. The number of morpholine rings is 1. The number of anilines is 1. The van der Waals surface area contributed by atoms with E-state index in [4.69, 9.17) is 14.7 Å². The van der Waals surface area contributed by atoms with Gasteiger partial charge in [0, 0.05) is 60.6 Å². The van der Waals surface area contributed by atoms with Crippen LogP contribution in [0, 0.1) is 0 Å². The quantitative estimate of drug-likeness (QED) is 0.411. The number of aromatic nitrogens is 4. The zero-order valence-electron chi connectivity index (χ0n) is 21.2. The number of ether oxygens (including phenoxy) is 1. The molecule has 2 aliphatic rings. The summed E-state index contributed by atoms with van der Waals surface area (Å²) in [5, 5.41) is 8.25. The summed E-state index contributed by atoms with van der Waals surface area (Å²) < 4.78 is 32.6. The van der Waals surface area contributed by atoms with Crippen LogP contribution in [0.5, 0.6) is 0 Å². The molecule has 2 aliphatic heterocycles. The third kappa shape index (κ3) is 4.72. The second-order valence-electron chi connectivity index (χ2n) is 9.98. The molecule has 0 amide bonds. The number of sulfonamides is 1. The summed E-state index contributed by atoms with van der Waals surface area (Å²) in [4.78, 5) is 16.0. The largest absolute Gasteiger partial charge is 0.378 e. The van der Waals surface area contributed by atoms with Crippen LogP contribution in [-0.4, -0.2) is 95.5 Å². The molecule has 0 spiro atoms. The van der Waals surface area contributed by atoms with Gasteiger partial charge in [-0.3, -0.25) is 10.00 Å². The van der Waals surface area contributed by atoms with Crippen LogP contribution in [0.2, 0.25) is 0 Å². The summed E-state index contributed by atoms with van der Waals surface area (Å²) in [6.07, 6.45) is 3.12. The van der Waals surface area contributed by atoms with Crippen molar-refractivity contribution >= 4 is 48.3 Å². The van der Waals surface area contributed by atoms with Gasteiger partial charge in [-0.05, 0) is 26.0 Å². The van der Waals surface area contributed by atoms with E-state index in [1.54, 1.807) is 15.6 Å². The number of nitrogens with zero attached hydrogens (tertiary/aromatic N) is 6. The first-order valence-corrected chi connectivity index (χ1v) is 15.2. The zero-order valence-corrected chi connectivity index (χ0v) is 22.8. The number of rotatable bonds is 5. The number of H-pyrrole nitrogens is 1. The van der Waals surface area contributed by atoms with Crippen LogP contribution in [0.15, 0.2) is 30.5 Å². The van der Waals surface area contributed by atoms with E-state index < -0.39 is 10.0 Å². The van der Waals surface area contributed by atoms with Crippen LogP contribution in [0.25, 0.3) is 32.5 Å². The van der Waals surface area contributed by atoms with E-state index in [2.05, 4.69) is 39.9 Å². The molecule has 5 heterocycles. The van der Waals surface area contributed by atoms with Crippen molar-refractivity contribution in [3.05, 3.63) is 35.3 Å². The standard InChI is InChI=1S/C25H31N7O3S2/c1-16-13-31(37(3,33)34)14-17(2)32(16)15-18-11-22-23(36-18)25(30-7-9-35-10-8-30)28-24(27-22)19-5-4-6-21-20(19)12-26-29-21/h4-6,11-12,16-17H,7-10,13-15H2,1-3H3,(H,26,29)/t16-,17+. The van der Waals surface area contributed by atoms with E-state index >= 15 is 0 Å². The molecule has 196 valence electrons. The van der Waals surface area contributed by atoms with Crippen molar-refractivity contribution in [2.24, 2.45) is 0 Å². The Morgan fingerprint density at radius 1 is 1.14 bits per heavy atom. The number of aromatic amines is 1. The summed E-state index contributed by atoms with van der Waals surface area (Å²) in [5.41, 5.74) is 2.84. The molecule has 1 N–H and O–H groups in total. The van der Waals surface area contributed by atoms with E-state index in [0.29, 0.717) is 32.1 Å². The third-order valence-electron chi connectivity index (χ3n) is 7.32. The van der Waals surface area contributed by atoms with Gasteiger partial charge in [-0.25, -0.2) is 18.4 Å². The average molecular weight is 542 g/mol. The number of piperazine rings is 1. The number of hydrogen-bond donors (Lipinski definition) is 1. The maximum absolute atomic E-state index is 12.1. The van der Waals surface area contributed by atoms with Crippen molar-refractivity contribution in [3.8, 4) is 11.4 Å². The normalized spacial score (nSPS) is 22.3. The molecule has 2 fully saturated rings. The van der Waals surface area contributed by atoms with Crippen molar-refractivity contribution in [2.75, 3.05) is 50.5 Å². The van der Waals surface area contributed by atoms with Gasteiger partial charge in [-0.2, -0.15) is 9.40 Å². The number of hydrogen-bond acceptors (Lipinski definition) is 9. The maximum Gasteiger partial charge on any atom is 0.211 e. The van der Waals surface area contributed by atoms with Gasteiger partial charge in [-0.1, -0.05) is 12.1 Å². The highest BCUT2D eigenvalue weighted by Gasteiger charge is 2.34. The first kappa shape index (κ1) is 24.7. The molecule has 37 heavy (non-hydrogen) atoms. The number of thiophene rings is 1. The van der Waals surface area contributed by atoms with Crippen LogP contribution >= 0.6 is 11.3 Å². The number of nitrogens with one attached hydrogen (secondary N) is 1. The minimum absolute atomic E-state index is 0.114. The van der Waals surface area contributed by atoms with E-state index in [0.717, 1.165) is 52.1 Å². The highest BCUT2D eigenvalue weighted by atomic mass is 32.2. The Bertz CT molecular complexity index is 1530. The van der Waals surface area contributed by atoms with Gasteiger partial charge in [0.05, 0.1) is 41.4 Å². The first-order chi connectivity index (χ1) is 17.8. The monoisotopic (exact) mass is 541 g/mol. The molecule has 3 aromatic heterocycles. The lowest BCUT2D eigenvalue weighted by Gasteiger charge is -2.43. The fourth-order valence-corrected chi connectivity index (χ4v) is 7.48. The van der Waals surface area contributed by atoms with Crippen molar-refractivity contribution in [1.82, 2.24) is 29.4 Å². The molecule has 2 atom stereocenters. The SMILES string of the molecule is C[C@@H]1CN(S(C)(=O)=O)C[C@H](C)N1Cc1cc2nc(-c3cccc4[nH]ncc34)nc(N3CCOCC3)c2s1. The van der Waals surface area contributed by atoms with Gasteiger partial charge >= 0.3 is 0 Å². The second-order valence-corrected chi connectivity index (χ2v) is 13.1. The van der Waals surface area contributed by atoms with Crippen molar-refractivity contribution in [1.29, 1.82) is 0 Å². The van der Waals surface area contributed by atoms with Crippen molar-refractivity contribution in [3.63, 3.8) is 0 Å². The Morgan fingerprint density at radius 3 is 2.62 bits per heavy atom. The zero-order chi connectivity index (χ0) is 25.7. The molecule has 0 aliphatic carbocycles. The van der Waals surface area contributed by atoms with Crippen LogP contribution in [0.4, 0.5) is 5.82 Å². The minimum Gasteiger partial charge on any atom is -0.378 e. The molecular formula is C25H31N7O3S2. The fourth-order valence-electron chi connectivity index (χ4n) is 5.39. The maximum atomic E-state index is 12.1. The van der Waals surface area contributed by atoms with Gasteiger partial charge < -0.3 is 9.64 Å². The van der Waals surface area contributed by atoms with Crippen molar-refractivity contribution < 1.29 is 13.2 Å². The predicted octanol–water partition coefficient (Wildman–Crippen LogP) is 2.93. The molecule has 6 rings (SSSR count). The molecule has 0 radical (unpaired) electrons. The van der Waals surface area contributed by atoms with Crippen LogP contribution in [0.1, 0.15) is 18.7 Å². The molecule has 10 nitrogen and oxygen atoms in total. The van der Waals surface area contributed by atoms with Gasteiger partial charge in [0.2, 0.25) is 10.0 Å². The molecule has 12 heteroatoms. The second kappa shape index (κ2) is 9.59. The highest BCUT2D eigenvalue weighted by Crippen LogP contribution is 2.37. The lowest BCUT2D eigenvalue weighted by atomic mass is 10.1. The molecule has 0 unspecified atom stereocenters. The first-order valence-electron chi connectivity index (χ1n) is 12.5. The van der Waals surface area contributed by atoms with E-state index in [1.807, 2.05) is 24.4 Å². The van der Waals surface area contributed by atoms with Gasteiger partial charge in [0.15, 0.2) is 11.6 Å². The molecular weight excluding hydrogens is 510 g/mol. The Kier molecular flexibility index (Phi) is 6.40. The lowest BCUT2D eigenvalue weighted by molar-refractivity contribution is 0.0712. The van der Waals surface area contributed by atoms with Crippen LogP contribution < -0.4 is 4.90 Å². The highest BCUT2D eigenvalue weighted by molar-refractivity contribution is 7.88. The molecule has 0 bridgehead atoms. The summed E-state index contributed by atoms with van der Waals surface area (Å²) >= 11 is 1.73. The van der Waals surface area contributed by atoms with Crippen molar-refractivity contribution in [2.45, 2.75) is 32.5 Å². The van der Waals surface area contributed by atoms with E-state index in [9.17, 15) is 8.42 Å². The Hall–Kier alpha value is -2.64. The summed E-state index contributed by atoms with van der Waals surface area (Å²) in [6.45, 7) is 8.89. The van der Waals surface area contributed by atoms with Gasteiger partial charge in [0.25, 0.3) is 0 Å². The molecule has 1 aromatic carbocycles. The van der Waals surface area contributed by atoms with Gasteiger partial charge in [-0.15, -0.1) is 11.3 Å². The van der Waals surface area contributed by atoms with E-state index in [1.165, 1.54) is 11.1 Å². The Morgan fingerprint density at radius 2 is 1.89 bits per heavy atom. The topological polar surface area (TPSA) is 108 Å². The van der Waals surface area contributed by atoms with Crippen LogP contribution in [-0.2, 0) is 21.3 Å². The molecule has 4 aromatic rings. The predicted molar refractivity (Wildman–Crippen MR) is 146 cm³/mol. The summed E-state index contributed by atoms with van der Waals surface area (Å²) in [7, 11) is -3.20. The fraction of sp³-hybridized carbons (Fsp3) is 0.480. The van der Waals surface area contributed by atoms with E-state index in [-0.39, 0.29) is 12.1 Å². The third-order valence-corrected chi connectivity index (χ3v) is 9.66. The lowest BCUT2D eigenvalue weighted by Crippen LogP contribution is -2.57. The minimum atomic E-state index is -3.20. The summed E-state index contributed by atoms with van der Waals surface area (Å²) in [6, 6.07) is 8.44. The number of fused-ring (bicyclic) bond motifs is 2. The Balaban J connectivity index is 1.39. The smallest absolute Gasteiger partial charge is 0.211 e. The van der Waals surface area contributed by atoms with Gasteiger partial charge in [0.1, 0.15) is 0 Å². The molecule has 0 saturated carbocycles.